The molecule has 7 heteroatoms. The molecule has 4 saturated heterocycles. The number of benzene rings is 1. The molecule has 0 spiro atoms. The van der Waals surface area contributed by atoms with Gasteiger partial charge in [0, 0.05) is 55.6 Å². The molecule has 3 atom stereocenters. The van der Waals surface area contributed by atoms with E-state index in [4.69, 9.17) is 0 Å². The first kappa shape index (κ1) is 20.6. The van der Waals surface area contributed by atoms with Crippen LogP contribution in [0, 0.1) is 0 Å². The molecule has 1 aromatic rings. The lowest BCUT2D eigenvalue weighted by molar-refractivity contribution is -0.119. The van der Waals surface area contributed by atoms with E-state index in [2.05, 4.69) is 34.5 Å². The predicted molar refractivity (Wildman–Crippen MR) is 120 cm³/mol. The molecule has 2 N–H and O–H groups in total. The monoisotopic (exact) mass is 426 g/mol. The van der Waals surface area contributed by atoms with Crippen LogP contribution in [0.5, 0.6) is 0 Å². The Balaban J connectivity index is 1.20. The average molecular weight is 427 g/mol. The first-order chi connectivity index (χ1) is 15.1. The van der Waals surface area contributed by atoms with Crippen LogP contribution in [0.1, 0.15) is 57.8 Å². The number of nitrogens with one attached hydrogen (secondary N) is 1. The van der Waals surface area contributed by atoms with Gasteiger partial charge in [0.05, 0.1) is 6.10 Å². The van der Waals surface area contributed by atoms with Gasteiger partial charge in [0.1, 0.15) is 0 Å². The molecule has 5 rings (SSSR count). The van der Waals surface area contributed by atoms with E-state index in [0.29, 0.717) is 19.3 Å². The zero-order valence-corrected chi connectivity index (χ0v) is 18.2. The number of anilines is 2. The molecule has 2 unspecified atom stereocenters. The molecule has 0 radical (unpaired) electrons. The van der Waals surface area contributed by atoms with Gasteiger partial charge in [-0.2, -0.15) is 0 Å². The molecule has 168 valence electrons. The van der Waals surface area contributed by atoms with Crippen molar-refractivity contribution in [3.8, 4) is 0 Å². The van der Waals surface area contributed by atoms with Crippen molar-refractivity contribution in [3.63, 3.8) is 0 Å². The van der Waals surface area contributed by atoms with Crippen molar-refractivity contribution >= 4 is 23.3 Å². The summed E-state index contributed by atoms with van der Waals surface area (Å²) in [5.74, 6) is 0.221. The fourth-order valence-electron chi connectivity index (χ4n) is 5.98. The van der Waals surface area contributed by atoms with Crippen molar-refractivity contribution < 1.29 is 14.7 Å². The SMILES string of the molecule is O=C1CCCCN1c1ccc(N2CCC[C@H](NC(=O)N3C4CCC3CC(O)C4)C2)cc1. The van der Waals surface area contributed by atoms with Gasteiger partial charge < -0.3 is 25.1 Å². The number of hydrogen-bond acceptors (Lipinski definition) is 4. The van der Waals surface area contributed by atoms with Gasteiger partial charge in [0.25, 0.3) is 0 Å². The Bertz CT molecular complexity index is 800. The third kappa shape index (κ3) is 4.25. The number of rotatable bonds is 3. The van der Waals surface area contributed by atoms with E-state index < -0.39 is 0 Å². The van der Waals surface area contributed by atoms with Gasteiger partial charge in [-0.25, -0.2) is 4.79 Å². The minimum atomic E-state index is -0.255. The van der Waals surface area contributed by atoms with Gasteiger partial charge in [-0.15, -0.1) is 0 Å². The van der Waals surface area contributed by atoms with E-state index in [9.17, 15) is 14.7 Å². The molecule has 4 aliphatic rings. The van der Waals surface area contributed by atoms with Gasteiger partial charge in [0.15, 0.2) is 0 Å². The van der Waals surface area contributed by atoms with Crippen LogP contribution in [-0.4, -0.2) is 65.8 Å². The highest BCUT2D eigenvalue weighted by atomic mass is 16.3. The van der Waals surface area contributed by atoms with E-state index >= 15 is 0 Å². The maximum absolute atomic E-state index is 13.0. The van der Waals surface area contributed by atoms with E-state index in [1.807, 2.05) is 9.80 Å². The van der Waals surface area contributed by atoms with E-state index in [-0.39, 0.29) is 36.2 Å². The number of hydrogen-bond donors (Lipinski definition) is 2. The Morgan fingerprint density at radius 2 is 1.65 bits per heavy atom. The molecular weight excluding hydrogens is 392 g/mol. The number of amides is 3. The second kappa shape index (κ2) is 8.69. The summed E-state index contributed by atoms with van der Waals surface area (Å²) in [5.41, 5.74) is 2.13. The summed E-state index contributed by atoms with van der Waals surface area (Å²) in [6.07, 6.45) is 7.95. The topological polar surface area (TPSA) is 76.1 Å². The second-order valence-electron chi connectivity index (χ2n) is 9.67. The van der Waals surface area contributed by atoms with Crippen LogP contribution in [0.3, 0.4) is 0 Å². The van der Waals surface area contributed by atoms with Crippen molar-refractivity contribution in [1.29, 1.82) is 0 Å². The van der Waals surface area contributed by atoms with E-state index in [1.165, 1.54) is 0 Å². The quantitative estimate of drug-likeness (QED) is 0.779. The van der Waals surface area contributed by atoms with Crippen molar-refractivity contribution in [2.75, 3.05) is 29.4 Å². The summed E-state index contributed by atoms with van der Waals surface area (Å²) in [7, 11) is 0. The lowest BCUT2D eigenvalue weighted by Gasteiger charge is -2.40. The molecule has 4 fully saturated rings. The van der Waals surface area contributed by atoms with Crippen LogP contribution < -0.4 is 15.1 Å². The Labute approximate surface area is 184 Å². The van der Waals surface area contributed by atoms with Crippen molar-refractivity contribution in [3.05, 3.63) is 24.3 Å². The summed E-state index contributed by atoms with van der Waals surface area (Å²) >= 11 is 0. The number of carbonyl (C=O) groups excluding carboxylic acids is 2. The number of aliphatic hydroxyl groups excluding tert-OH is 1. The zero-order valence-electron chi connectivity index (χ0n) is 18.2. The molecule has 0 saturated carbocycles. The van der Waals surface area contributed by atoms with E-state index in [0.717, 1.165) is 69.5 Å². The van der Waals surface area contributed by atoms with Crippen LogP contribution in [0.4, 0.5) is 16.2 Å². The highest BCUT2D eigenvalue weighted by Crippen LogP contribution is 2.36. The fraction of sp³-hybridized carbons (Fsp3) is 0.667. The molecule has 1 aromatic carbocycles. The summed E-state index contributed by atoms with van der Waals surface area (Å²) in [6, 6.07) is 8.88. The van der Waals surface area contributed by atoms with Crippen LogP contribution in [0.15, 0.2) is 24.3 Å². The lowest BCUT2D eigenvalue weighted by atomic mass is 10.00. The van der Waals surface area contributed by atoms with Crippen molar-refractivity contribution in [2.45, 2.75) is 82.0 Å². The molecule has 4 heterocycles. The van der Waals surface area contributed by atoms with Crippen LogP contribution in [-0.2, 0) is 4.79 Å². The maximum atomic E-state index is 13.0. The van der Waals surface area contributed by atoms with E-state index in [1.54, 1.807) is 0 Å². The van der Waals surface area contributed by atoms with Crippen molar-refractivity contribution in [1.82, 2.24) is 10.2 Å². The Kier molecular flexibility index (Phi) is 5.78. The highest BCUT2D eigenvalue weighted by molar-refractivity contribution is 5.94. The third-order valence-corrected chi connectivity index (χ3v) is 7.54. The number of fused-ring (bicyclic) bond motifs is 2. The number of carbonyl (C=O) groups is 2. The minimum Gasteiger partial charge on any atom is -0.393 e. The number of aliphatic hydroxyl groups is 1. The summed E-state index contributed by atoms with van der Waals surface area (Å²) < 4.78 is 0. The summed E-state index contributed by atoms with van der Waals surface area (Å²) in [4.78, 5) is 31.4. The predicted octanol–water partition coefficient (Wildman–Crippen LogP) is 2.87. The van der Waals surface area contributed by atoms with Crippen LogP contribution >= 0.6 is 0 Å². The molecule has 31 heavy (non-hydrogen) atoms. The Morgan fingerprint density at radius 3 is 2.35 bits per heavy atom. The summed E-state index contributed by atoms with van der Waals surface area (Å²) in [6.45, 7) is 2.60. The summed E-state index contributed by atoms with van der Waals surface area (Å²) in [5, 5.41) is 13.3. The molecule has 4 aliphatic heterocycles. The maximum Gasteiger partial charge on any atom is 0.318 e. The highest BCUT2D eigenvalue weighted by Gasteiger charge is 2.43. The van der Waals surface area contributed by atoms with Gasteiger partial charge in [0.2, 0.25) is 5.91 Å². The number of piperidine rings is 3. The Hall–Kier alpha value is -2.28. The van der Waals surface area contributed by atoms with Crippen LogP contribution in [0.25, 0.3) is 0 Å². The molecule has 3 amide bonds. The van der Waals surface area contributed by atoms with Gasteiger partial charge in [-0.3, -0.25) is 4.79 Å². The van der Waals surface area contributed by atoms with Gasteiger partial charge in [-0.05, 0) is 75.6 Å². The first-order valence-electron chi connectivity index (χ1n) is 12.0. The molecule has 0 aromatic heterocycles. The molecule has 7 nitrogen and oxygen atoms in total. The smallest absolute Gasteiger partial charge is 0.318 e. The van der Waals surface area contributed by atoms with Crippen LogP contribution in [0.2, 0.25) is 0 Å². The normalized spacial score (nSPS) is 31.1. The zero-order chi connectivity index (χ0) is 21.4. The lowest BCUT2D eigenvalue weighted by Crippen LogP contribution is -2.56. The molecular formula is C24H34N4O3. The molecule has 0 aliphatic carbocycles. The van der Waals surface area contributed by atoms with Gasteiger partial charge in [-0.1, -0.05) is 0 Å². The minimum absolute atomic E-state index is 0.0465. The first-order valence-corrected chi connectivity index (χ1v) is 12.0. The number of urea groups is 1. The fourth-order valence-corrected chi connectivity index (χ4v) is 5.98. The average Bonchev–Trinajstić information content (AvgIpc) is 3.06. The molecule has 2 bridgehead atoms. The standard InChI is InChI=1S/C24H34N4O3/c29-22-14-20-10-11-21(15-22)28(20)24(31)25-17-4-3-12-26(16-17)18-6-8-19(9-7-18)27-13-2-1-5-23(27)30/h6-9,17,20-22,29H,1-5,10-16H2,(H,25,31)/t17-,20?,21?,22?/m0/s1. The second-order valence-corrected chi connectivity index (χ2v) is 9.67. The third-order valence-electron chi connectivity index (χ3n) is 7.54. The van der Waals surface area contributed by atoms with Crippen molar-refractivity contribution in [2.24, 2.45) is 0 Å². The van der Waals surface area contributed by atoms with Gasteiger partial charge >= 0.3 is 6.03 Å². The Morgan fingerprint density at radius 1 is 0.935 bits per heavy atom. The number of nitrogens with zero attached hydrogens (tertiary/aromatic N) is 3. The largest absolute Gasteiger partial charge is 0.393 e.